The second-order valence-corrected chi connectivity index (χ2v) is 8.20. The van der Waals surface area contributed by atoms with Gasteiger partial charge >= 0.3 is 5.97 Å². The van der Waals surface area contributed by atoms with Crippen molar-refractivity contribution in [1.82, 2.24) is 14.8 Å². The van der Waals surface area contributed by atoms with Gasteiger partial charge in [-0.15, -0.1) is 0 Å². The van der Waals surface area contributed by atoms with Gasteiger partial charge in [-0.05, 0) is 39.0 Å². The van der Waals surface area contributed by atoms with E-state index in [9.17, 15) is 9.59 Å². The van der Waals surface area contributed by atoms with Gasteiger partial charge in [0, 0.05) is 23.4 Å². The number of anilines is 1. The normalized spacial score (nSPS) is 11.0. The molecule has 2 aromatic heterocycles. The molecule has 0 bridgehead atoms. The third kappa shape index (κ3) is 4.91. The lowest BCUT2D eigenvalue weighted by molar-refractivity contribution is -0.119. The molecule has 174 valence electrons. The topological polar surface area (TPSA) is 95.3 Å². The molecule has 0 saturated heterocycles. The minimum absolute atomic E-state index is 0.0516. The van der Waals surface area contributed by atoms with E-state index in [0.29, 0.717) is 33.7 Å². The fourth-order valence-electron chi connectivity index (χ4n) is 3.54. The van der Waals surface area contributed by atoms with Crippen molar-refractivity contribution in [2.24, 2.45) is 0 Å². The molecule has 1 amide bonds. The summed E-state index contributed by atoms with van der Waals surface area (Å²) in [4.78, 5) is 30.2. The number of benzene rings is 2. The second kappa shape index (κ2) is 9.74. The maximum absolute atomic E-state index is 13.0. The second-order valence-electron chi connectivity index (χ2n) is 8.20. The summed E-state index contributed by atoms with van der Waals surface area (Å²) in [6.07, 6.45) is 1.61. The van der Waals surface area contributed by atoms with E-state index in [-0.39, 0.29) is 6.04 Å². The smallest absolute Gasteiger partial charge is 0.339 e. The molecule has 8 heteroatoms. The van der Waals surface area contributed by atoms with Gasteiger partial charge < -0.3 is 14.8 Å². The third-order valence-electron chi connectivity index (χ3n) is 5.31. The Morgan fingerprint density at radius 2 is 1.85 bits per heavy atom. The average molecular weight is 459 g/mol. The highest BCUT2D eigenvalue weighted by Crippen LogP contribution is 2.27. The fourth-order valence-corrected chi connectivity index (χ4v) is 3.54. The van der Waals surface area contributed by atoms with Crippen LogP contribution in [0.3, 0.4) is 0 Å². The summed E-state index contributed by atoms with van der Waals surface area (Å²) < 4.78 is 12.3. The Balaban J connectivity index is 1.59. The Morgan fingerprint density at radius 1 is 1.09 bits per heavy atom. The Hall–Kier alpha value is -4.20. The molecule has 0 fully saturated rings. The SMILES string of the molecule is COc1cccc(NC(=O)COC(=O)c2cc(-c3ccc(C)cc3)nc3c2cnn3C(C)C)c1. The summed E-state index contributed by atoms with van der Waals surface area (Å²) in [6, 6.07) is 16.6. The van der Waals surface area contributed by atoms with E-state index in [0.717, 1.165) is 11.1 Å². The minimum Gasteiger partial charge on any atom is -0.497 e. The van der Waals surface area contributed by atoms with Crippen LogP contribution in [-0.2, 0) is 9.53 Å². The standard InChI is InChI=1S/C26H26N4O4/c1-16(2)30-25-22(14-27-30)21(13-23(29-25)18-10-8-17(3)9-11-18)26(32)34-15-24(31)28-19-6-5-7-20(12-19)33-4/h5-14,16H,15H2,1-4H3,(H,28,31). The van der Waals surface area contributed by atoms with Crippen LogP contribution < -0.4 is 10.1 Å². The number of fused-ring (bicyclic) bond motifs is 1. The first-order chi connectivity index (χ1) is 16.4. The molecule has 0 aliphatic rings. The van der Waals surface area contributed by atoms with Gasteiger partial charge in [0.15, 0.2) is 12.3 Å². The van der Waals surface area contributed by atoms with E-state index >= 15 is 0 Å². The van der Waals surface area contributed by atoms with Gasteiger partial charge in [0.25, 0.3) is 5.91 Å². The van der Waals surface area contributed by atoms with Crippen molar-refractivity contribution in [3.63, 3.8) is 0 Å². The van der Waals surface area contributed by atoms with Crippen LogP contribution in [0.1, 0.15) is 35.8 Å². The number of aryl methyl sites for hydroxylation is 1. The molecule has 0 radical (unpaired) electrons. The number of carbonyl (C=O) groups excluding carboxylic acids is 2. The number of aromatic nitrogens is 3. The van der Waals surface area contributed by atoms with Crippen molar-refractivity contribution in [1.29, 1.82) is 0 Å². The molecule has 0 aliphatic carbocycles. The maximum Gasteiger partial charge on any atom is 0.339 e. The van der Waals surface area contributed by atoms with Crippen molar-refractivity contribution in [3.05, 3.63) is 71.9 Å². The van der Waals surface area contributed by atoms with Gasteiger partial charge in [-0.3, -0.25) is 4.79 Å². The molecular weight excluding hydrogens is 432 g/mol. The van der Waals surface area contributed by atoms with Crippen LogP contribution in [0.25, 0.3) is 22.3 Å². The average Bonchev–Trinajstić information content (AvgIpc) is 3.27. The van der Waals surface area contributed by atoms with E-state index in [1.165, 1.54) is 0 Å². The third-order valence-corrected chi connectivity index (χ3v) is 5.31. The number of esters is 1. The number of hydrogen-bond acceptors (Lipinski definition) is 6. The summed E-state index contributed by atoms with van der Waals surface area (Å²) in [6.45, 7) is 5.56. The first-order valence-electron chi connectivity index (χ1n) is 10.9. The Labute approximate surface area is 197 Å². The zero-order chi connectivity index (χ0) is 24.2. The number of ether oxygens (including phenoxy) is 2. The Morgan fingerprint density at radius 3 is 2.56 bits per heavy atom. The van der Waals surface area contributed by atoms with Crippen LogP contribution in [0, 0.1) is 6.92 Å². The van der Waals surface area contributed by atoms with Gasteiger partial charge in [-0.1, -0.05) is 35.9 Å². The predicted molar refractivity (Wildman–Crippen MR) is 130 cm³/mol. The van der Waals surface area contributed by atoms with Crippen LogP contribution in [-0.4, -0.2) is 40.4 Å². The van der Waals surface area contributed by atoms with Crippen molar-refractivity contribution in [2.45, 2.75) is 26.8 Å². The lowest BCUT2D eigenvalue weighted by Gasteiger charge is -2.11. The van der Waals surface area contributed by atoms with Gasteiger partial charge in [0.2, 0.25) is 0 Å². The molecule has 2 aromatic carbocycles. The van der Waals surface area contributed by atoms with Crippen LogP contribution in [0.5, 0.6) is 5.75 Å². The monoisotopic (exact) mass is 458 g/mol. The van der Waals surface area contributed by atoms with E-state index < -0.39 is 18.5 Å². The summed E-state index contributed by atoms with van der Waals surface area (Å²) >= 11 is 0. The number of hydrogen-bond donors (Lipinski definition) is 1. The zero-order valence-electron chi connectivity index (χ0n) is 19.5. The Bertz CT molecular complexity index is 1340. The van der Waals surface area contributed by atoms with Gasteiger partial charge in [-0.2, -0.15) is 5.10 Å². The molecule has 0 aliphatic heterocycles. The van der Waals surface area contributed by atoms with Crippen LogP contribution in [0.4, 0.5) is 5.69 Å². The molecule has 2 heterocycles. The van der Waals surface area contributed by atoms with Crippen molar-refractivity contribution >= 4 is 28.6 Å². The van der Waals surface area contributed by atoms with Gasteiger partial charge in [-0.25, -0.2) is 14.5 Å². The molecular formula is C26H26N4O4. The van der Waals surface area contributed by atoms with Crippen molar-refractivity contribution < 1.29 is 19.1 Å². The maximum atomic E-state index is 13.0. The van der Waals surface area contributed by atoms with Crippen LogP contribution >= 0.6 is 0 Å². The number of methoxy groups -OCH3 is 1. The first kappa shape index (κ1) is 23.0. The van der Waals surface area contributed by atoms with Crippen LogP contribution in [0.2, 0.25) is 0 Å². The highest BCUT2D eigenvalue weighted by molar-refractivity contribution is 6.04. The fraction of sp³-hybridized carbons (Fsp3) is 0.231. The van der Waals surface area contributed by atoms with E-state index in [1.54, 1.807) is 48.3 Å². The van der Waals surface area contributed by atoms with Crippen LogP contribution in [0.15, 0.2) is 60.8 Å². The molecule has 0 spiro atoms. The summed E-state index contributed by atoms with van der Waals surface area (Å²) in [5.74, 6) is -0.465. The number of rotatable bonds is 7. The Kier molecular flexibility index (Phi) is 6.58. The molecule has 4 rings (SSSR count). The number of amides is 1. The van der Waals surface area contributed by atoms with E-state index in [2.05, 4.69) is 10.4 Å². The lowest BCUT2D eigenvalue weighted by Crippen LogP contribution is -2.21. The summed E-state index contributed by atoms with van der Waals surface area (Å²) in [7, 11) is 1.55. The molecule has 8 nitrogen and oxygen atoms in total. The van der Waals surface area contributed by atoms with Crippen molar-refractivity contribution in [2.75, 3.05) is 19.0 Å². The summed E-state index contributed by atoms with van der Waals surface area (Å²) in [5, 5.41) is 7.68. The minimum atomic E-state index is -0.620. The lowest BCUT2D eigenvalue weighted by atomic mass is 10.1. The molecule has 4 aromatic rings. The molecule has 0 unspecified atom stereocenters. The molecule has 0 atom stereocenters. The molecule has 34 heavy (non-hydrogen) atoms. The first-order valence-corrected chi connectivity index (χ1v) is 10.9. The molecule has 0 saturated carbocycles. The predicted octanol–water partition coefficient (Wildman–Crippen LogP) is 4.79. The number of pyridine rings is 1. The highest BCUT2D eigenvalue weighted by Gasteiger charge is 2.20. The highest BCUT2D eigenvalue weighted by atomic mass is 16.5. The number of nitrogens with one attached hydrogen (secondary N) is 1. The van der Waals surface area contributed by atoms with Gasteiger partial charge in [0.1, 0.15) is 5.75 Å². The van der Waals surface area contributed by atoms with E-state index in [1.807, 2.05) is 45.0 Å². The summed E-state index contributed by atoms with van der Waals surface area (Å²) in [5.41, 5.74) is 4.06. The quantitative estimate of drug-likeness (QED) is 0.400. The van der Waals surface area contributed by atoms with E-state index in [4.69, 9.17) is 14.5 Å². The molecule has 1 N–H and O–H groups in total. The largest absolute Gasteiger partial charge is 0.497 e. The number of carbonyl (C=O) groups is 2. The van der Waals surface area contributed by atoms with Crippen molar-refractivity contribution in [3.8, 4) is 17.0 Å². The number of nitrogens with zero attached hydrogens (tertiary/aromatic N) is 3. The van der Waals surface area contributed by atoms with Gasteiger partial charge in [0.05, 0.1) is 30.0 Å². The zero-order valence-corrected chi connectivity index (χ0v) is 19.5.